The number of furan rings is 1. The molecule has 0 spiro atoms. The second kappa shape index (κ2) is 13.6. The van der Waals surface area contributed by atoms with Crippen LogP contribution < -0.4 is 15.5 Å². The predicted octanol–water partition coefficient (Wildman–Crippen LogP) is 11.3. The second-order valence-electron chi connectivity index (χ2n) is 15.1. The van der Waals surface area contributed by atoms with E-state index in [4.69, 9.17) is 9.41 Å². The maximum Gasteiger partial charge on any atom is 0.132 e. The number of benzene rings is 6. The third kappa shape index (κ3) is 5.54. The van der Waals surface area contributed by atoms with Gasteiger partial charge in [-0.15, -0.1) is 0 Å². The summed E-state index contributed by atoms with van der Waals surface area (Å²) < 4.78 is 6.86. The van der Waals surface area contributed by atoms with Crippen molar-refractivity contribution in [1.29, 1.82) is 0 Å². The molecule has 5 nitrogen and oxygen atoms in total. The maximum atomic E-state index is 6.86. The minimum absolute atomic E-state index is 0.0936. The summed E-state index contributed by atoms with van der Waals surface area (Å²) >= 11 is 0. The van der Waals surface area contributed by atoms with Crippen molar-refractivity contribution >= 4 is 29.4 Å². The van der Waals surface area contributed by atoms with E-state index in [0.29, 0.717) is 0 Å². The molecule has 2 aliphatic carbocycles. The quantitative estimate of drug-likeness (QED) is 0.179. The number of hydrogen-bond donors (Lipinski definition) is 2. The van der Waals surface area contributed by atoms with E-state index in [1.54, 1.807) is 0 Å². The second-order valence-corrected chi connectivity index (χ2v) is 15.1. The van der Waals surface area contributed by atoms with Crippen LogP contribution in [0.25, 0.3) is 23.3 Å². The van der Waals surface area contributed by atoms with Crippen molar-refractivity contribution in [2.75, 3.05) is 4.90 Å². The van der Waals surface area contributed by atoms with Crippen LogP contribution in [0.4, 0.5) is 11.4 Å². The van der Waals surface area contributed by atoms with Crippen LogP contribution in [0, 0.1) is 0 Å². The summed E-state index contributed by atoms with van der Waals surface area (Å²) in [6.07, 6.45) is 9.69. The van der Waals surface area contributed by atoms with Gasteiger partial charge >= 0.3 is 0 Å². The third-order valence-corrected chi connectivity index (χ3v) is 11.9. The molecule has 7 aromatic rings. The lowest BCUT2D eigenvalue weighted by Crippen LogP contribution is -2.45. The summed E-state index contributed by atoms with van der Waals surface area (Å²) in [6.45, 7) is 0. The Morgan fingerprint density at radius 3 is 2.11 bits per heavy atom. The van der Waals surface area contributed by atoms with Gasteiger partial charge in [0.2, 0.25) is 0 Å². The highest BCUT2D eigenvalue weighted by atomic mass is 16.3. The molecule has 0 radical (unpaired) electrons. The molecule has 2 N–H and O–H groups in total. The molecule has 0 saturated carbocycles. The average molecular weight is 725 g/mol. The smallest absolute Gasteiger partial charge is 0.132 e. The van der Waals surface area contributed by atoms with Crippen LogP contribution in [0.1, 0.15) is 74.6 Å². The highest BCUT2D eigenvalue weighted by Gasteiger charge is 2.44. The number of nitrogens with one attached hydrogen (secondary N) is 2. The zero-order chi connectivity index (χ0) is 37.0. The van der Waals surface area contributed by atoms with Crippen LogP contribution in [0.2, 0.25) is 0 Å². The maximum absolute atomic E-state index is 6.86. The van der Waals surface area contributed by atoms with Crippen molar-refractivity contribution in [1.82, 2.24) is 10.6 Å². The summed E-state index contributed by atoms with van der Waals surface area (Å²) in [5.41, 5.74) is 13.3. The Labute approximate surface area is 327 Å². The summed E-state index contributed by atoms with van der Waals surface area (Å²) in [7, 11) is 0. The first-order chi connectivity index (χ1) is 27.8. The molecule has 5 unspecified atom stereocenters. The molecule has 5 atom stereocenters. The minimum atomic E-state index is -0.222. The summed E-state index contributed by atoms with van der Waals surface area (Å²) in [5.74, 6) is 3.18. The fraction of sp³-hybridized carbons (Fsp3) is 0.118. The van der Waals surface area contributed by atoms with Gasteiger partial charge in [-0.25, -0.2) is 4.99 Å². The van der Waals surface area contributed by atoms with E-state index < -0.39 is 0 Å². The minimum Gasteiger partial charge on any atom is -0.461 e. The Morgan fingerprint density at radius 1 is 0.625 bits per heavy atom. The van der Waals surface area contributed by atoms with E-state index in [1.807, 2.05) is 0 Å². The van der Waals surface area contributed by atoms with Gasteiger partial charge in [0.15, 0.2) is 0 Å². The van der Waals surface area contributed by atoms with Crippen molar-refractivity contribution in [3.8, 4) is 11.1 Å². The van der Waals surface area contributed by atoms with Gasteiger partial charge in [-0.1, -0.05) is 158 Å². The number of allylic oxidation sites excluding steroid dienone is 1. The van der Waals surface area contributed by atoms with Crippen LogP contribution in [-0.2, 0) is 6.42 Å². The predicted molar refractivity (Wildman–Crippen MR) is 227 cm³/mol. The molecule has 270 valence electrons. The van der Waals surface area contributed by atoms with Gasteiger partial charge in [-0.2, -0.15) is 0 Å². The molecule has 0 saturated heterocycles. The van der Waals surface area contributed by atoms with Gasteiger partial charge in [-0.3, -0.25) is 5.32 Å². The molecule has 3 heterocycles. The molecule has 11 rings (SSSR count). The normalized spacial score (nSPS) is 21.7. The SMILES string of the molecule is C1=CC2C(c3ccccc3N2c2ccccc2)c2c1oc1c2C=CC(c2ccc(-c3ccccc3)cc2C2=NC(c3ccccc3)NC(c3ccccc3)N2)C1. The molecule has 5 heteroatoms. The Bertz CT molecular complexity index is 2650. The van der Waals surface area contributed by atoms with Gasteiger partial charge in [0.05, 0.1) is 6.04 Å². The molecule has 0 bridgehead atoms. The first-order valence-corrected chi connectivity index (χ1v) is 19.6. The molecule has 1 aromatic heterocycles. The standard InChI is InChI=1S/C51H40N4O/c1-5-15-33(16-6-1)36-25-27-39(42(31-36)51-53-49(34-17-7-2-8-18-34)52-50(54-51)35-19-9-3-10-20-35)37-26-28-41-46(32-37)56-45-30-29-44-47(48(41)45)40-23-13-14-24-43(40)55(44)38-21-11-4-12-22-38/h1-31,37,44,47,49-50,52H,32H2,(H,53,54). The van der Waals surface area contributed by atoms with Gasteiger partial charge < -0.3 is 14.6 Å². The van der Waals surface area contributed by atoms with Gasteiger partial charge in [0, 0.05) is 46.3 Å². The summed E-state index contributed by atoms with van der Waals surface area (Å²) in [6, 6.07) is 58.5. The lowest BCUT2D eigenvalue weighted by atomic mass is 9.79. The van der Waals surface area contributed by atoms with Gasteiger partial charge in [0.25, 0.3) is 0 Å². The number of fused-ring (bicyclic) bond motifs is 7. The highest BCUT2D eigenvalue weighted by molar-refractivity contribution is 6.02. The largest absolute Gasteiger partial charge is 0.461 e. The number of hydrogen-bond acceptors (Lipinski definition) is 5. The molecular weight excluding hydrogens is 685 g/mol. The van der Waals surface area contributed by atoms with E-state index in [1.165, 1.54) is 39.2 Å². The summed E-state index contributed by atoms with van der Waals surface area (Å²) in [5, 5.41) is 7.61. The zero-order valence-corrected chi connectivity index (χ0v) is 30.8. The van der Waals surface area contributed by atoms with E-state index in [2.05, 4.69) is 204 Å². The Kier molecular flexibility index (Phi) is 7.92. The van der Waals surface area contributed by atoms with E-state index >= 15 is 0 Å². The first kappa shape index (κ1) is 32.7. The van der Waals surface area contributed by atoms with Crippen molar-refractivity contribution in [2.24, 2.45) is 4.99 Å². The van der Waals surface area contributed by atoms with Crippen LogP contribution in [0.15, 0.2) is 185 Å². The number of anilines is 2. The summed E-state index contributed by atoms with van der Waals surface area (Å²) in [4.78, 5) is 7.90. The monoisotopic (exact) mass is 724 g/mol. The van der Waals surface area contributed by atoms with Crippen LogP contribution in [0.5, 0.6) is 0 Å². The topological polar surface area (TPSA) is 52.8 Å². The van der Waals surface area contributed by atoms with E-state index in [0.717, 1.165) is 46.0 Å². The highest BCUT2D eigenvalue weighted by Crippen LogP contribution is 2.54. The van der Waals surface area contributed by atoms with Gasteiger partial charge in [0.1, 0.15) is 29.7 Å². The molecule has 0 amide bonds. The van der Waals surface area contributed by atoms with Crippen LogP contribution >= 0.6 is 0 Å². The van der Waals surface area contributed by atoms with Crippen molar-refractivity contribution < 1.29 is 4.42 Å². The van der Waals surface area contributed by atoms with Crippen molar-refractivity contribution in [2.45, 2.75) is 36.6 Å². The number of aliphatic imine (C=N–C) groups is 1. The number of para-hydroxylation sites is 2. The third-order valence-electron chi connectivity index (χ3n) is 11.9. The average Bonchev–Trinajstić information content (AvgIpc) is 3.82. The molecule has 0 fully saturated rings. The van der Waals surface area contributed by atoms with Crippen molar-refractivity contribution in [3.63, 3.8) is 0 Å². The molecule has 4 aliphatic rings. The van der Waals surface area contributed by atoms with Crippen LogP contribution in [0.3, 0.4) is 0 Å². The Hall–Kier alpha value is -6.69. The Morgan fingerprint density at radius 2 is 1.32 bits per heavy atom. The molecular formula is C51H40N4O. The lowest BCUT2D eigenvalue weighted by molar-refractivity contribution is 0.408. The molecule has 56 heavy (non-hydrogen) atoms. The number of rotatable bonds is 6. The van der Waals surface area contributed by atoms with Gasteiger partial charge in [-0.05, 0) is 63.7 Å². The van der Waals surface area contributed by atoms with E-state index in [-0.39, 0.29) is 30.2 Å². The van der Waals surface area contributed by atoms with Crippen LogP contribution in [-0.4, -0.2) is 11.9 Å². The Balaban J connectivity index is 1.00. The molecule has 6 aromatic carbocycles. The lowest BCUT2D eigenvalue weighted by Gasteiger charge is -2.33. The van der Waals surface area contributed by atoms with E-state index in [9.17, 15) is 0 Å². The first-order valence-electron chi connectivity index (χ1n) is 19.6. The van der Waals surface area contributed by atoms with Crippen molar-refractivity contribution in [3.05, 3.63) is 226 Å². The number of amidine groups is 1. The fourth-order valence-electron chi connectivity index (χ4n) is 9.28. The fourth-order valence-corrected chi connectivity index (χ4v) is 9.28. The molecule has 2 aliphatic heterocycles. The number of nitrogens with zero attached hydrogens (tertiary/aromatic N) is 2. The zero-order valence-electron chi connectivity index (χ0n) is 30.8.